The number of fused-ring (bicyclic) bond motifs is 1. The lowest BCUT2D eigenvalue weighted by atomic mass is 10.1. The van der Waals surface area contributed by atoms with E-state index in [2.05, 4.69) is 9.97 Å². The molecule has 5 nitrogen and oxygen atoms in total. The van der Waals surface area contributed by atoms with Gasteiger partial charge in [-0.3, -0.25) is 4.98 Å². The predicted octanol–water partition coefficient (Wildman–Crippen LogP) is 0.111. The molecule has 1 atom stereocenters. The van der Waals surface area contributed by atoms with Gasteiger partial charge in [0.05, 0.1) is 6.04 Å². The van der Waals surface area contributed by atoms with Gasteiger partial charge in [0.2, 0.25) is 0 Å². The third-order valence-corrected chi connectivity index (χ3v) is 2.13. The van der Waals surface area contributed by atoms with Crippen LogP contribution in [-0.2, 0) is 0 Å². The summed E-state index contributed by atoms with van der Waals surface area (Å²) in [5.74, 6) is 0. The minimum absolute atomic E-state index is 0.0601. The first-order chi connectivity index (χ1) is 6.83. The van der Waals surface area contributed by atoms with Crippen LogP contribution in [0.3, 0.4) is 0 Å². The Bertz CT molecular complexity index is 425. The number of aliphatic hydroxyl groups is 1. The maximum Gasteiger partial charge on any atom is 0.160 e. The van der Waals surface area contributed by atoms with E-state index in [1.54, 1.807) is 12.4 Å². The van der Waals surface area contributed by atoms with Crippen LogP contribution in [0.5, 0.6) is 0 Å². The monoisotopic (exact) mass is 192 g/mol. The van der Waals surface area contributed by atoms with E-state index in [1.165, 1.54) is 0 Å². The number of hydrogen-bond donors (Lipinski definition) is 2. The second-order valence-electron chi connectivity index (χ2n) is 3.09. The highest BCUT2D eigenvalue weighted by atomic mass is 16.3. The van der Waals surface area contributed by atoms with Gasteiger partial charge in [0.15, 0.2) is 5.65 Å². The molecule has 5 heteroatoms. The van der Waals surface area contributed by atoms with Gasteiger partial charge in [-0.25, -0.2) is 4.98 Å². The maximum absolute atomic E-state index is 8.79. The van der Waals surface area contributed by atoms with Gasteiger partial charge in [-0.15, -0.1) is 0 Å². The first-order valence-corrected chi connectivity index (χ1v) is 4.47. The minimum atomic E-state index is -0.258. The summed E-state index contributed by atoms with van der Waals surface area (Å²) in [6.45, 7) is 0.0601. The molecule has 2 heterocycles. The van der Waals surface area contributed by atoms with Crippen molar-refractivity contribution in [3.8, 4) is 0 Å². The Balaban J connectivity index is 2.45. The van der Waals surface area contributed by atoms with Gasteiger partial charge in [-0.05, 0) is 6.42 Å². The highest BCUT2D eigenvalue weighted by molar-refractivity contribution is 5.44. The van der Waals surface area contributed by atoms with Crippen molar-refractivity contribution < 1.29 is 5.11 Å². The van der Waals surface area contributed by atoms with Crippen molar-refractivity contribution in [2.45, 2.75) is 12.5 Å². The summed E-state index contributed by atoms with van der Waals surface area (Å²) >= 11 is 0. The first kappa shape index (κ1) is 9.11. The van der Waals surface area contributed by atoms with Gasteiger partial charge in [-0.1, -0.05) is 0 Å². The van der Waals surface area contributed by atoms with E-state index in [-0.39, 0.29) is 12.6 Å². The average Bonchev–Trinajstić information content (AvgIpc) is 2.65. The second kappa shape index (κ2) is 3.73. The van der Waals surface area contributed by atoms with Crippen LogP contribution in [0.2, 0.25) is 0 Å². The van der Waals surface area contributed by atoms with Crippen LogP contribution in [0.15, 0.2) is 24.8 Å². The smallest absolute Gasteiger partial charge is 0.160 e. The Morgan fingerprint density at radius 1 is 1.36 bits per heavy atom. The largest absolute Gasteiger partial charge is 0.396 e. The van der Waals surface area contributed by atoms with Crippen molar-refractivity contribution in [3.63, 3.8) is 0 Å². The number of aliphatic hydroxyl groups excluding tert-OH is 1. The molecule has 0 radical (unpaired) electrons. The van der Waals surface area contributed by atoms with E-state index >= 15 is 0 Å². The zero-order valence-electron chi connectivity index (χ0n) is 7.67. The van der Waals surface area contributed by atoms with Gasteiger partial charge in [0.25, 0.3) is 0 Å². The molecule has 0 bridgehead atoms. The van der Waals surface area contributed by atoms with Crippen LogP contribution in [-0.4, -0.2) is 26.1 Å². The number of hydrogen-bond acceptors (Lipinski definition) is 4. The zero-order valence-corrected chi connectivity index (χ0v) is 7.67. The Morgan fingerprint density at radius 2 is 2.07 bits per heavy atom. The summed E-state index contributed by atoms with van der Waals surface area (Å²) in [7, 11) is 0. The van der Waals surface area contributed by atoms with Gasteiger partial charge in [-0.2, -0.15) is 0 Å². The summed E-state index contributed by atoms with van der Waals surface area (Å²) < 4.78 is 1.86. The van der Waals surface area contributed by atoms with Crippen molar-refractivity contribution in [1.82, 2.24) is 14.4 Å². The lowest BCUT2D eigenvalue weighted by Gasteiger charge is -2.09. The summed E-state index contributed by atoms with van der Waals surface area (Å²) in [5.41, 5.74) is 7.34. The van der Waals surface area contributed by atoms with E-state index in [9.17, 15) is 0 Å². The van der Waals surface area contributed by atoms with Crippen molar-refractivity contribution in [2.24, 2.45) is 5.73 Å². The van der Waals surface area contributed by atoms with Crippen molar-refractivity contribution >= 4 is 5.65 Å². The maximum atomic E-state index is 8.79. The molecule has 1 unspecified atom stereocenters. The van der Waals surface area contributed by atoms with E-state index in [0.29, 0.717) is 6.42 Å². The SMILES string of the molecule is NC(CCO)c1nccn2ccnc12. The fourth-order valence-electron chi connectivity index (χ4n) is 1.41. The topological polar surface area (TPSA) is 76.4 Å². The number of aromatic nitrogens is 3. The lowest BCUT2D eigenvalue weighted by molar-refractivity contribution is 0.276. The van der Waals surface area contributed by atoms with Gasteiger partial charge in [0.1, 0.15) is 5.69 Å². The van der Waals surface area contributed by atoms with Crippen LogP contribution in [0.1, 0.15) is 18.2 Å². The molecule has 0 spiro atoms. The molecule has 3 N–H and O–H groups in total. The molecular weight excluding hydrogens is 180 g/mol. The van der Waals surface area contributed by atoms with Crippen LogP contribution >= 0.6 is 0 Å². The molecule has 0 aliphatic heterocycles. The molecule has 2 rings (SSSR count). The standard InChI is InChI=1S/C9H12N4O/c10-7(1-6-14)8-9-12-3-5-13(9)4-2-11-8/h2-5,7,14H,1,6,10H2. The number of nitrogens with two attached hydrogens (primary N) is 1. The number of nitrogens with zero attached hydrogens (tertiary/aromatic N) is 3. The normalized spacial score (nSPS) is 13.3. The molecule has 0 saturated carbocycles. The lowest BCUT2D eigenvalue weighted by Crippen LogP contribution is -2.15. The van der Waals surface area contributed by atoms with E-state index in [1.807, 2.05) is 16.8 Å². The van der Waals surface area contributed by atoms with Gasteiger partial charge >= 0.3 is 0 Å². The predicted molar refractivity (Wildman–Crippen MR) is 51.6 cm³/mol. The summed E-state index contributed by atoms with van der Waals surface area (Å²) in [6.07, 6.45) is 7.54. The summed E-state index contributed by atoms with van der Waals surface area (Å²) in [4.78, 5) is 8.34. The molecule has 74 valence electrons. The molecule has 2 aromatic rings. The number of imidazole rings is 1. The Kier molecular flexibility index (Phi) is 2.43. The molecule has 0 amide bonds. The Morgan fingerprint density at radius 3 is 2.79 bits per heavy atom. The fraction of sp³-hybridized carbons (Fsp3) is 0.333. The third kappa shape index (κ3) is 1.47. The zero-order chi connectivity index (χ0) is 9.97. The molecule has 0 saturated heterocycles. The molecule has 0 aromatic carbocycles. The molecule has 0 aliphatic rings. The van der Waals surface area contributed by atoms with Crippen LogP contribution in [0, 0.1) is 0 Å². The third-order valence-electron chi connectivity index (χ3n) is 2.13. The van der Waals surface area contributed by atoms with E-state index in [0.717, 1.165) is 11.3 Å². The average molecular weight is 192 g/mol. The molecule has 14 heavy (non-hydrogen) atoms. The van der Waals surface area contributed by atoms with Crippen LogP contribution in [0.25, 0.3) is 5.65 Å². The van der Waals surface area contributed by atoms with Crippen LogP contribution in [0.4, 0.5) is 0 Å². The van der Waals surface area contributed by atoms with Crippen molar-refractivity contribution in [1.29, 1.82) is 0 Å². The Hall–Kier alpha value is -1.46. The number of rotatable bonds is 3. The van der Waals surface area contributed by atoms with E-state index < -0.39 is 0 Å². The highest BCUT2D eigenvalue weighted by Crippen LogP contribution is 2.15. The minimum Gasteiger partial charge on any atom is -0.396 e. The molecular formula is C9H12N4O. The molecule has 0 aliphatic carbocycles. The molecule has 0 fully saturated rings. The summed E-state index contributed by atoms with van der Waals surface area (Å²) in [5, 5.41) is 8.79. The second-order valence-corrected chi connectivity index (χ2v) is 3.09. The quantitative estimate of drug-likeness (QED) is 0.723. The first-order valence-electron chi connectivity index (χ1n) is 4.47. The highest BCUT2D eigenvalue weighted by Gasteiger charge is 2.11. The fourth-order valence-corrected chi connectivity index (χ4v) is 1.41. The van der Waals surface area contributed by atoms with E-state index in [4.69, 9.17) is 10.8 Å². The molecule has 2 aromatic heterocycles. The van der Waals surface area contributed by atoms with Crippen molar-refractivity contribution in [2.75, 3.05) is 6.61 Å². The van der Waals surface area contributed by atoms with Gasteiger partial charge in [0, 0.05) is 31.4 Å². The van der Waals surface area contributed by atoms with Gasteiger partial charge < -0.3 is 15.2 Å². The van der Waals surface area contributed by atoms with Crippen LogP contribution < -0.4 is 5.73 Å². The van der Waals surface area contributed by atoms with Crippen molar-refractivity contribution in [3.05, 3.63) is 30.5 Å². The summed E-state index contributed by atoms with van der Waals surface area (Å²) in [6, 6.07) is -0.258. The Labute approximate surface area is 81.2 Å².